The lowest BCUT2D eigenvalue weighted by Gasteiger charge is -2.11. The summed E-state index contributed by atoms with van der Waals surface area (Å²) in [5, 5.41) is 5.85. The summed E-state index contributed by atoms with van der Waals surface area (Å²) in [6.45, 7) is 2.09. The number of ether oxygens (including phenoxy) is 2. The molecule has 0 saturated heterocycles. The number of anilines is 2. The smallest absolute Gasteiger partial charge is 0.338 e. The minimum absolute atomic E-state index is 0.0663. The maximum Gasteiger partial charge on any atom is 0.338 e. The van der Waals surface area contributed by atoms with Crippen LogP contribution in [0.3, 0.4) is 0 Å². The lowest BCUT2D eigenvalue weighted by atomic mass is 10.2. The third kappa shape index (κ3) is 6.15. The summed E-state index contributed by atoms with van der Waals surface area (Å²) in [5.74, 6) is 0.0635. The first-order valence-corrected chi connectivity index (χ1v) is 11.0. The second kappa shape index (κ2) is 10.7. The Balaban J connectivity index is 1.36. The fourth-order valence-corrected chi connectivity index (χ4v) is 3.38. The summed E-state index contributed by atoms with van der Waals surface area (Å²) in [7, 11) is 0. The van der Waals surface area contributed by atoms with Crippen LogP contribution in [-0.2, 0) is 11.3 Å². The van der Waals surface area contributed by atoms with Gasteiger partial charge in [-0.3, -0.25) is 9.20 Å². The zero-order valence-electron chi connectivity index (χ0n) is 18.7. The fraction of sp³-hybridized carbons (Fsp3) is 0.120. The zero-order chi connectivity index (χ0) is 24.8. The summed E-state index contributed by atoms with van der Waals surface area (Å²) in [6, 6.07) is 17.4. The number of nitrogens with one attached hydrogen (secondary N) is 2. The van der Waals surface area contributed by atoms with E-state index in [1.54, 1.807) is 67.6 Å². The van der Waals surface area contributed by atoms with Crippen molar-refractivity contribution in [2.24, 2.45) is 0 Å². The molecule has 2 aromatic heterocycles. The van der Waals surface area contributed by atoms with Gasteiger partial charge in [-0.25, -0.2) is 14.6 Å². The Morgan fingerprint density at radius 1 is 1.00 bits per heavy atom. The van der Waals surface area contributed by atoms with Gasteiger partial charge in [0.05, 0.1) is 22.9 Å². The Labute approximate surface area is 205 Å². The average Bonchev–Trinajstić information content (AvgIpc) is 2.84. The highest BCUT2D eigenvalue weighted by atomic mass is 35.5. The number of carbonyl (C=O) groups excluding carboxylic acids is 2. The molecule has 0 unspecified atom stereocenters. The van der Waals surface area contributed by atoms with Crippen molar-refractivity contribution >= 4 is 40.6 Å². The highest BCUT2D eigenvalue weighted by Gasteiger charge is 2.09. The first kappa shape index (κ1) is 23.8. The SMILES string of the molecule is CCOC(=O)c1ccc(NC(=O)Nc2cccc(OCc3cc(=O)n4cc(Cl)ccc4n3)c2)cc1. The lowest BCUT2D eigenvalue weighted by molar-refractivity contribution is 0.0526. The Kier molecular flexibility index (Phi) is 7.27. The van der Waals surface area contributed by atoms with Crippen molar-refractivity contribution in [1.82, 2.24) is 9.38 Å². The van der Waals surface area contributed by atoms with E-state index in [2.05, 4.69) is 15.6 Å². The molecule has 0 aliphatic carbocycles. The molecule has 4 aromatic rings. The van der Waals surface area contributed by atoms with Crippen molar-refractivity contribution in [2.45, 2.75) is 13.5 Å². The van der Waals surface area contributed by atoms with Crippen LogP contribution in [0.2, 0.25) is 5.02 Å². The molecule has 0 saturated carbocycles. The monoisotopic (exact) mass is 492 g/mol. The molecule has 0 atom stereocenters. The van der Waals surface area contributed by atoms with Crippen LogP contribution in [0.4, 0.5) is 16.2 Å². The second-order valence-electron chi connectivity index (χ2n) is 7.35. The van der Waals surface area contributed by atoms with Gasteiger partial charge in [-0.2, -0.15) is 0 Å². The number of rotatable bonds is 7. The fourth-order valence-electron chi connectivity index (χ4n) is 3.22. The van der Waals surface area contributed by atoms with Gasteiger partial charge in [0.25, 0.3) is 5.56 Å². The molecule has 0 spiro atoms. The molecule has 2 aromatic carbocycles. The minimum atomic E-state index is -0.464. The highest BCUT2D eigenvalue weighted by Crippen LogP contribution is 2.19. The molecule has 2 amide bonds. The lowest BCUT2D eigenvalue weighted by Crippen LogP contribution is -2.19. The number of amides is 2. The predicted octanol–water partition coefficient (Wildman–Crippen LogP) is 4.75. The summed E-state index contributed by atoms with van der Waals surface area (Å²) < 4.78 is 12.1. The molecule has 35 heavy (non-hydrogen) atoms. The predicted molar refractivity (Wildman–Crippen MR) is 132 cm³/mol. The van der Waals surface area contributed by atoms with Crippen LogP contribution in [0.15, 0.2) is 77.7 Å². The summed E-state index contributed by atoms with van der Waals surface area (Å²) >= 11 is 5.93. The number of carbonyl (C=O) groups is 2. The number of halogens is 1. The van der Waals surface area contributed by atoms with E-state index >= 15 is 0 Å². The third-order valence-corrected chi connectivity index (χ3v) is 5.03. The molecule has 0 radical (unpaired) electrons. The molecule has 0 fully saturated rings. The standard InChI is InChI=1S/C25H21ClN4O5/c1-2-34-24(32)16-6-9-18(10-7-16)28-25(33)29-19-4-3-5-21(12-19)35-15-20-13-23(31)30-14-17(26)8-11-22(30)27-20/h3-14H,2,15H2,1H3,(H2,28,29,33). The van der Waals surface area contributed by atoms with E-state index < -0.39 is 12.0 Å². The van der Waals surface area contributed by atoms with Crippen LogP contribution in [-0.4, -0.2) is 28.0 Å². The Morgan fingerprint density at radius 2 is 1.77 bits per heavy atom. The third-order valence-electron chi connectivity index (χ3n) is 4.81. The van der Waals surface area contributed by atoms with Gasteiger partial charge in [-0.1, -0.05) is 17.7 Å². The molecule has 0 bridgehead atoms. The van der Waals surface area contributed by atoms with E-state index in [9.17, 15) is 14.4 Å². The Bertz CT molecular complexity index is 1440. The van der Waals surface area contributed by atoms with Gasteiger partial charge in [0.15, 0.2) is 0 Å². The number of hydrogen-bond donors (Lipinski definition) is 2. The first-order valence-electron chi connectivity index (χ1n) is 10.7. The molecular formula is C25H21ClN4O5. The van der Waals surface area contributed by atoms with Crippen molar-refractivity contribution in [3.63, 3.8) is 0 Å². The number of pyridine rings is 1. The topological polar surface area (TPSA) is 111 Å². The molecule has 0 aliphatic rings. The number of hydrogen-bond acceptors (Lipinski definition) is 6. The number of fused-ring (bicyclic) bond motifs is 1. The minimum Gasteiger partial charge on any atom is -0.487 e. The molecule has 0 aliphatic heterocycles. The Hall–Kier alpha value is -4.37. The van der Waals surface area contributed by atoms with Crippen molar-refractivity contribution in [1.29, 1.82) is 0 Å². The van der Waals surface area contributed by atoms with Crippen molar-refractivity contribution in [3.8, 4) is 5.75 Å². The molecule has 2 N–H and O–H groups in total. The van der Waals surface area contributed by atoms with Crippen LogP contribution in [0.25, 0.3) is 5.65 Å². The highest BCUT2D eigenvalue weighted by molar-refractivity contribution is 6.30. The second-order valence-corrected chi connectivity index (χ2v) is 7.79. The van der Waals surface area contributed by atoms with Crippen LogP contribution in [0.5, 0.6) is 5.75 Å². The van der Waals surface area contributed by atoms with Gasteiger partial charge in [0.2, 0.25) is 0 Å². The van der Waals surface area contributed by atoms with Gasteiger partial charge in [0.1, 0.15) is 18.0 Å². The molecule has 4 rings (SSSR count). The van der Waals surface area contributed by atoms with E-state index in [0.717, 1.165) is 0 Å². The van der Waals surface area contributed by atoms with Crippen molar-refractivity contribution in [2.75, 3.05) is 17.2 Å². The van der Waals surface area contributed by atoms with E-state index in [1.165, 1.54) is 16.7 Å². The normalized spacial score (nSPS) is 10.6. The van der Waals surface area contributed by atoms with Crippen molar-refractivity contribution in [3.05, 3.63) is 99.6 Å². The number of esters is 1. The quantitative estimate of drug-likeness (QED) is 0.360. The Morgan fingerprint density at radius 3 is 2.54 bits per heavy atom. The van der Waals surface area contributed by atoms with Crippen LogP contribution < -0.4 is 20.9 Å². The molecule has 2 heterocycles. The van der Waals surface area contributed by atoms with Crippen LogP contribution in [0, 0.1) is 0 Å². The van der Waals surface area contributed by atoms with Gasteiger partial charge in [-0.05, 0) is 55.5 Å². The van der Waals surface area contributed by atoms with Crippen molar-refractivity contribution < 1.29 is 19.1 Å². The number of urea groups is 1. The number of aromatic nitrogens is 2. The van der Waals surface area contributed by atoms with E-state index in [0.29, 0.717) is 39.1 Å². The van der Waals surface area contributed by atoms with E-state index in [4.69, 9.17) is 21.1 Å². The number of benzene rings is 2. The van der Waals surface area contributed by atoms with Crippen LogP contribution in [0.1, 0.15) is 23.0 Å². The molecule has 178 valence electrons. The molecular weight excluding hydrogens is 472 g/mol. The molecule has 9 nitrogen and oxygen atoms in total. The van der Waals surface area contributed by atoms with Crippen LogP contribution >= 0.6 is 11.6 Å². The summed E-state index contributed by atoms with van der Waals surface area (Å²) in [6.07, 6.45) is 1.51. The largest absolute Gasteiger partial charge is 0.487 e. The number of nitrogens with zero attached hydrogens (tertiary/aromatic N) is 2. The van der Waals surface area contributed by atoms with E-state index in [1.807, 2.05) is 0 Å². The van der Waals surface area contributed by atoms with Gasteiger partial charge in [-0.15, -0.1) is 0 Å². The first-order chi connectivity index (χ1) is 16.9. The van der Waals surface area contributed by atoms with Gasteiger partial charge in [0, 0.05) is 29.7 Å². The molecule has 10 heteroatoms. The van der Waals surface area contributed by atoms with Gasteiger partial charge >= 0.3 is 12.0 Å². The maximum atomic E-state index is 12.4. The summed E-state index contributed by atoms with van der Waals surface area (Å²) in [5.41, 5.74) is 2.07. The van der Waals surface area contributed by atoms with Gasteiger partial charge < -0.3 is 20.1 Å². The van der Waals surface area contributed by atoms with E-state index in [-0.39, 0.29) is 18.8 Å². The summed E-state index contributed by atoms with van der Waals surface area (Å²) in [4.78, 5) is 40.8. The maximum absolute atomic E-state index is 12.4. The zero-order valence-corrected chi connectivity index (χ0v) is 19.4. The average molecular weight is 493 g/mol.